The van der Waals surface area contributed by atoms with E-state index < -0.39 is 58.0 Å². The minimum atomic E-state index is -2.68. The molecular weight excluding hydrogens is 568 g/mol. The summed E-state index contributed by atoms with van der Waals surface area (Å²) < 4.78 is 5.41. The topological polar surface area (TPSA) is 186 Å². The van der Waals surface area contributed by atoms with Crippen LogP contribution in [0.1, 0.15) is 28.7 Å². The van der Waals surface area contributed by atoms with Gasteiger partial charge in [0.1, 0.15) is 28.6 Å². The zero-order valence-electron chi connectivity index (χ0n) is 25.3. The molecule has 12 heteroatoms. The van der Waals surface area contributed by atoms with E-state index in [1.165, 1.54) is 4.90 Å². The summed E-state index contributed by atoms with van der Waals surface area (Å²) in [5, 5.41) is 49.3. The van der Waals surface area contributed by atoms with E-state index in [0.717, 1.165) is 5.56 Å². The number of anilines is 1. The van der Waals surface area contributed by atoms with Gasteiger partial charge in [0.25, 0.3) is 5.91 Å². The second-order valence-electron chi connectivity index (χ2n) is 12.0. The first-order valence-electron chi connectivity index (χ1n) is 14.3. The maximum Gasteiger partial charge on any atom is 0.255 e. The number of rotatable bonds is 8. The minimum absolute atomic E-state index is 0.0294. The summed E-state index contributed by atoms with van der Waals surface area (Å²) in [4.78, 5) is 43.0. The van der Waals surface area contributed by atoms with Crippen molar-refractivity contribution in [1.82, 2.24) is 10.2 Å². The van der Waals surface area contributed by atoms with Gasteiger partial charge in [0.05, 0.1) is 18.7 Å². The molecule has 234 valence electrons. The summed E-state index contributed by atoms with van der Waals surface area (Å²) >= 11 is 0. The number of Topliss-reactive ketones (excluding diaryl/α,β-unsaturated/α-hetero) is 2. The molecule has 0 radical (unpaired) electrons. The molecule has 5 rings (SSSR count). The van der Waals surface area contributed by atoms with Gasteiger partial charge in [-0.15, -0.1) is 0 Å². The quantitative estimate of drug-likeness (QED) is 0.238. The Hall–Kier alpha value is -4.39. The molecule has 1 amide bonds. The number of phenolic OH excluding ortho intramolecular Hbond substituents is 1. The van der Waals surface area contributed by atoms with Crippen LogP contribution in [0, 0.1) is 11.8 Å². The number of fused-ring (bicyclic) bond motifs is 3. The van der Waals surface area contributed by atoms with Gasteiger partial charge in [-0.2, -0.15) is 0 Å². The number of hydrogen-bond donors (Lipinski definition) is 6. The predicted molar refractivity (Wildman–Crippen MR) is 162 cm³/mol. The number of phenols is 1. The minimum Gasteiger partial charge on any atom is -0.508 e. The number of likely N-dealkylation sites (N-methyl/N-ethyl adjacent to an activating group) is 1. The molecular formula is C32H38N4O8. The number of aromatic hydroxyl groups is 1. The highest BCUT2D eigenvalue weighted by molar-refractivity contribution is 6.24. The van der Waals surface area contributed by atoms with Crippen molar-refractivity contribution in [2.45, 2.75) is 37.6 Å². The largest absolute Gasteiger partial charge is 0.508 e. The third-order valence-electron chi connectivity index (χ3n) is 9.08. The molecule has 0 saturated heterocycles. The van der Waals surface area contributed by atoms with Crippen LogP contribution in [0.5, 0.6) is 11.5 Å². The molecule has 3 aliphatic rings. The lowest BCUT2D eigenvalue weighted by molar-refractivity contribution is -0.153. The van der Waals surface area contributed by atoms with E-state index in [0.29, 0.717) is 29.1 Å². The lowest BCUT2D eigenvalue weighted by Crippen LogP contribution is -2.65. The third kappa shape index (κ3) is 4.61. The molecule has 1 saturated carbocycles. The van der Waals surface area contributed by atoms with Gasteiger partial charge in [-0.3, -0.25) is 19.3 Å². The number of nitrogens with one attached hydrogen (secondary N) is 1. The van der Waals surface area contributed by atoms with Crippen LogP contribution in [0.15, 0.2) is 47.2 Å². The molecule has 44 heavy (non-hydrogen) atoms. The monoisotopic (exact) mass is 606 g/mol. The van der Waals surface area contributed by atoms with Crippen LogP contribution in [-0.4, -0.2) is 89.7 Å². The predicted octanol–water partition coefficient (Wildman–Crippen LogP) is 1.33. The third-order valence-corrected chi connectivity index (χ3v) is 9.08. The van der Waals surface area contributed by atoms with E-state index >= 15 is 0 Å². The van der Waals surface area contributed by atoms with Gasteiger partial charge in [0.2, 0.25) is 5.78 Å². The Morgan fingerprint density at radius 1 is 1.09 bits per heavy atom. The number of ketones is 2. The Morgan fingerprint density at radius 2 is 1.75 bits per heavy atom. The standard InChI is InChI=1S/C32H38N4O8/c1-35(2)20-12-17(14-34-13-15-8-6-7-9-21(15)44-5)26(37)23-18(20)10-16-11-19-25(36(3)4)28(39)24(31(33)42)30(41)32(19,43)29(40)22(16)27(23)38/h6-9,12,16,19,25,34,37-38,41,43H,10-11,13-14H2,1-5H3,(H2,33,42)/t16?,19?,25?,32-/m0/s1. The number of methoxy groups -OCH3 is 1. The van der Waals surface area contributed by atoms with Gasteiger partial charge in [0.15, 0.2) is 11.4 Å². The number of nitrogens with zero attached hydrogens (tertiary/aromatic N) is 2. The lowest BCUT2D eigenvalue weighted by Gasteiger charge is -2.50. The van der Waals surface area contributed by atoms with Gasteiger partial charge in [-0.1, -0.05) is 18.2 Å². The molecule has 4 atom stereocenters. The molecule has 12 nitrogen and oxygen atoms in total. The van der Waals surface area contributed by atoms with Gasteiger partial charge < -0.3 is 41.1 Å². The number of hydrogen-bond acceptors (Lipinski definition) is 11. The highest BCUT2D eigenvalue weighted by Gasteiger charge is 2.64. The fourth-order valence-corrected chi connectivity index (χ4v) is 7.06. The van der Waals surface area contributed by atoms with Crippen molar-refractivity contribution in [3.8, 4) is 11.5 Å². The van der Waals surface area contributed by atoms with Crippen LogP contribution in [0.2, 0.25) is 0 Å². The average Bonchev–Trinajstić information content (AvgIpc) is 2.95. The summed E-state index contributed by atoms with van der Waals surface area (Å²) in [6.07, 6.45) is 0.242. The van der Waals surface area contributed by atoms with Gasteiger partial charge in [-0.25, -0.2) is 0 Å². The van der Waals surface area contributed by atoms with Crippen molar-refractivity contribution in [3.63, 3.8) is 0 Å². The van der Waals surface area contributed by atoms with Crippen molar-refractivity contribution < 1.29 is 39.5 Å². The van der Waals surface area contributed by atoms with Crippen LogP contribution < -0.4 is 20.7 Å². The van der Waals surface area contributed by atoms with Crippen molar-refractivity contribution >= 4 is 28.9 Å². The smallest absolute Gasteiger partial charge is 0.255 e. The highest BCUT2D eigenvalue weighted by Crippen LogP contribution is 2.54. The summed E-state index contributed by atoms with van der Waals surface area (Å²) in [5.41, 5.74) is 4.45. The number of carbonyl (C=O) groups excluding carboxylic acids is 3. The summed E-state index contributed by atoms with van der Waals surface area (Å²) in [6, 6.07) is 8.21. The molecule has 3 unspecified atom stereocenters. The number of primary amides is 1. The van der Waals surface area contributed by atoms with Gasteiger partial charge in [-0.05, 0) is 50.6 Å². The van der Waals surface area contributed by atoms with E-state index in [-0.39, 0.29) is 36.3 Å². The number of nitrogens with two attached hydrogens (primary N) is 1. The highest BCUT2D eigenvalue weighted by atomic mass is 16.5. The number of carbonyl (C=O) groups is 3. The van der Waals surface area contributed by atoms with Crippen LogP contribution in [0.4, 0.5) is 5.69 Å². The molecule has 2 aromatic carbocycles. The van der Waals surface area contributed by atoms with Crippen LogP contribution in [0.3, 0.4) is 0 Å². The Bertz CT molecular complexity index is 1630. The first-order chi connectivity index (χ1) is 20.7. The molecule has 0 bridgehead atoms. The molecule has 0 heterocycles. The molecule has 7 N–H and O–H groups in total. The number of aliphatic hydroxyl groups excluding tert-OH is 2. The maximum atomic E-state index is 14.1. The number of para-hydroxylation sites is 1. The van der Waals surface area contributed by atoms with Crippen molar-refractivity contribution in [3.05, 3.63) is 69.5 Å². The zero-order valence-corrected chi connectivity index (χ0v) is 25.3. The molecule has 0 aliphatic heterocycles. The second-order valence-corrected chi connectivity index (χ2v) is 12.0. The van der Waals surface area contributed by atoms with E-state index in [1.807, 2.05) is 49.3 Å². The molecule has 1 fully saturated rings. The Morgan fingerprint density at radius 3 is 2.36 bits per heavy atom. The average molecular weight is 607 g/mol. The Labute approximate surface area is 255 Å². The molecule has 0 spiro atoms. The number of amides is 1. The first kappa shape index (κ1) is 31.0. The van der Waals surface area contributed by atoms with Gasteiger partial charge >= 0.3 is 0 Å². The normalized spacial score (nSPS) is 24.7. The maximum absolute atomic E-state index is 14.1. The van der Waals surface area contributed by atoms with Crippen LogP contribution in [-0.2, 0) is 33.9 Å². The molecule has 3 aliphatic carbocycles. The van der Waals surface area contributed by atoms with E-state index in [1.54, 1.807) is 21.2 Å². The van der Waals surface area contributed by atoms with E-state index in [2.05, 4.69) is 5.32 Å². The fourth-order valence-electron chi connectivity index (χ4n) is 7.06. The van der Waals surface area contributed by atoms with Crippen molar-refractivity contribution in [1.29, 1.82) is 0 Å². The number of aliphatic hydroxyl groups is 3. The fraction of sp³-hybridized carbons (Fsp3) is 0.406. The number of benzene rings is 2. The lowest BCUT2D eigenvalue weighted by atomic mass is 9.57. The SMILES string of the molecule is COc1ccccc1CNCc1cc(N(C)C)c2c(c1O)C(O)=C1C(=O)[C@]3(O)C(O)=C(C(N)=O)C(=O)C(N(C)C)C3CC1C2. The van der Waals surface area contributed by atoms with Crippen molar-refractivity contribution in [2.75, 3.05) is 40.2 Å². The van der Waals surface area contributed by atoms with Crippen molar-refractivity contribution in [2.24, 2.45) is 17.6 Å². The van der Waals surface area contributed by atoms with E-state index in [9.17, 15) is 34.8 Å². The molecule has 2 aromatic rings. The zero-order chi connectivity index (χ0) is 32.2. The van der Waals surface area contributed by atoms with Crippen LogP contribution >= 0.6 is 0 Å². The summed E-state index contributed by atoms with van der Waals surface area (Å²) in [5.74, 6) is -6.02. The molecule has 0 aromatic heterocycles. The summed E-state index contributed by atoms with van der Waals surface area (Å²) in [7, 11) is 8.38. The summed E-state index contributed by atoms with van der Waals surface area (Å²) in [6.45, 7) is 0.640. The van der Waals surface area contributed by atoms with E-state index in [4.69, 9.17) is 10.5 Å². The number of ether oxygens (including phenoxy) is 1. The first-order valence-corrected chi connectivity index (χ1v) is 14.3. The second kappa shape index (κ2) is 11.3. The van der Waals surface area contributed by atoms with Gasteiger partial charge in [0, 0.05) is 55.5 Å². The Kier molecular flexibility index (Phi) is 7.95. The van der Waals surface area contributed by atoms with Crippen LogP contribution in [0.25, 0.3) is 5.76 Å². The Balaban J connectivity index is 1.61.